The number of nitro groups is 1. The third-order valence-corrected chi connectivity index (χ3v) is 3.97. The molecule has 1 heterocycles. The van der Waals surface area contributed by atoms with Gasteiger partial charge in [0, 0.05) is 36.7 Å². The topological polar surface area (TPSA) is 92.9 Å². The van der Waals surface area contributed by atoms with Gasteiger partial charge in [0.25, 0.3) is 5.69 Å². The normalized spacial score (nSPS) is 22.0. The highest BCUT2D eigenvalue weighted by Crippen LogP contribution is 2.35. The van der Waals surface area contributed by atoms with E-state index in [0.717, 1.165) is 0 Å². The van der Waals surface area contributed by atoms with E-state index in [-0.39, 0.29) is 11.8 Å². The molecule has 0 radical (unpaired) electrons. The van der Waals surface area contributed by atoms with Gasteiger partial charge >= 0.3 is 5.97 Å². The minimum absolute atomic E-state index is 0.0463. The fourth-order valence-corrected chi connectivity index (χ4v) is 2.91. The second-order valence-corrected chi connectivity index (χ2v) is 5.35. The van der Waals surface area contributed by atoms with Gasteiger partial charge in [-0.2, -0.15) is 0 Å². The molecule has 1 aromatic carbocycles. The molecule has 1 N–H and O–H groups in total. The van der Waals surface area contributed by atoms with E-state index in [9.17, 15) is 20.0 Å². The number of carbonyl (C=O) groups is 1. The molecule has 8 heteroatoms. The molecule has 2 atom stereocenters. The van der Waals surface area contributed by atoms with Crippen LogP contribution in [0.3, 0.4) is 0 Å². The van der Waals surface area contributed by atoms with Crippen LogP contribution in [-0.4, -0.2) is 41.8 Å². The molecule has 2 rings (SSSR count). The van der Waals surface area contributed by atoms with Crippen molar-refractivity contribution in [2.45, 2.75) is 18.6 Å². The molecule has 1 aliphatic rings. The number of halogens is 1. The van der Waals surface area contributed by atoms with Gasteiger partial charge in [-0.1, -0.05) is 0 Å². The molecule has 0 aliphatic carbocycles. The van der Waals surface area contributed by atoms with Gasteiger partial charge < -0.3 is 14.7 Å². The lowest BCUT2D eigenvalue weighted by molar-refractivity contribution is -0.384. The first-order valence-electron chi connectivity index (χ1n) is 5.90. The average molecular weight is 345 g/mol. The van der Waals surface area contributed by atoms with E-state index in [1.165, 1.54) is 19.2 Å². The zero-order valence-electron chi connectivity index (χ0n) is 10.7. The van der Waals surface area contributed by atoms with Crippen molar-refractivity contribution in [1.82, 2.24) is 0 Å². The van der Waals surface area contributed by atoms with E-state index in [0.29, 0.717) is 23.1 Å². The van der Waals surface area contributed by atoms with Crippen molar-refractivity contribution in [3.05, 3.63) is 32.8 Å². The van der Waals surface area contributed by atoms with E-state index in [4.69, 9.17) is 4.74 Å². The number of hydrogen-bond donors (Lipinski definition) is 1. The van der Waals surface area contributed by atoms with Crippen LogP contribution in [-0.2, 0) is 9.53 Å². The summed E-state index contributed by atoms with van der Waals surface area (Å²) in [4.78, 5) is 23.2. The Morgan fingerprint density at radius 3 is 2.80 bits per heavy atom. The molecule has 1 aromatic rings. The highest BCUT2D eigenvalue weighted by Gasteiger charge is 2.38. The van der Waals surface area contributed by atoms with Crippen LogP contribution in [0, 0.1) is 10.1 Å². The minimum atomic E-state index is -0.935. The molecule has 0 aromatic heterocycles. The standard InChI is InChI=1S/C12H13BrN2O5/c1-20-8-5-11(12(16)17)14(6-8)10-3-2-7(15(18)19)4-9(10)13/h2-4,8,11H,5-6H2,1H3,(H,16,17). The molecule has 0 spiro atoms. The molecule has 7 nitrogen and oxygen atoms in total. The molecule has 0 saturated carbocycles. The first-order chi connectivity index (χ1) is 9.43. The first kappa shape index (κ1) is 14.7. The average Bonchev–Trinajstić information content (AvgIpc) is 2.82. The van der Waals surface area contributed by atoms with E-state index >= 15 is 0 Å². The number of aliphatic carboxylic acids is 1. The lowest BCUT2D eigenvalue weighted by Crippen LogP contribution is -2.36. The monoisotopic (exact) mass is 344 g/mol. The maximum absolute atomic E-state index is 11.3. The van der Waals surface area contributed by atoms with Gasteiger partial charge in [0.1, 0.15) is 6.04 Å². The Labute approximate surface area is 123 Å². The Kier molecular flexibility index (Phi) is 4.24. The molecule has 20 heavy (non-hydrogen) atoms. The number of rotatable bonds is 4. The maximum Gasteiger partial charge on any atom is 0.326 e. The second-order valence-electron chi connectivity index (χ2n) is 4.49. The molecule has 1 aliphatic heterocycles. The van der Waals surface area contributed by atoms with Crippen LogP contribution in [0.1, 0.15) is 6.42 Å². The van der Waals surface area contributed by atoms with Crippen LogP contribution in [0.2, 0.25) is 0 Å². The molecular formula is C12H13BrN2O5. The number of benzene rings is 1. The van der Waals surface area contributed by atoms with Crippen LogP contribution < -0.4 is 4.90 Å². The lowest BCUT2D eigenvalue weighted by atomic mass is 10.2. The summed E-state index contributed by atoms with van der Waals surface area (Å²) < 4.78 is 5.71. The number of methoxy groups -OCH3 is 1. The number of nitro benzene ring substituents is 1. The van der Waals surface area contributed by atoms with Crippen LogP contribution in [0.15, 0.2) is 22.7 Å². The van der Waals surface area contributed by atoms with Crippen molar-refractivity contribution in [3.8, 4) is 0 Å². The summed E-state index contributed by atoms with van der Waals surface area (Å²) in [6.07, 6.45) is 0.216. The third-order valence-electron chi connectivity index (χ3n) is 3.33. The van der Waals surface area contributed by atoms with Crippen molar-refractivity contribution in [3.63, 3.8) is 0 Å². The summed E-state index contributed by atoms with van der Waals surface area (Å²) in [6.45, 7) is 0.434. The van der Waals surface area contributed by atoms with Crippen molar-refractivity contribution in [1.29, 1.82) is 0 Å². The van der Waals surface area contributed by atoms with Gasteiger partial charge in [-0.25, -0.2) is 4.79 Å². The number of ether oxygens (including phenoxy) is 1. The van der Waals surface area contributed by atoms with E-state index in [1.54, 1.807) is 11.0 Å². The Morgan fingerprint density at radius 2 is 2.30 bits per heavy atom. The molecule has 1 saturated heterocycles. The number of carboxylic acid groups (broad SMARTS) is 1. The number of carboxylic acids is 1. The summed E-state index contributed by atoms with van der Waals surface area (Å²) in [7, 11) is 1.54. The summed E-state index contributed by atoms with van der Waals surface area (Å²) in [5, 5.41) is 20.0. The number of non-ortho nitro benzene ring substituents is 1. The van der Waals surface area contributed by atoms with E-state index in [2.05, 4.69) is 15.9 Å². The summed E-state index contributed by atoms with van der Waals surface area (Å²) in [6, 6.07) is 3.58. The number of nitrogens with zero attached hydrogens (tertiary/aromatic N) is 2. The highest BCUT2D eigenvalue weighted by atomic mass is 79.9. The van der Waals surface area contributed by atoms with Gasteiger partial charge in [-0.3, -0.25) is 10.1 Å². The SMILES string of the molecule is COC1CC(C(=O)O)N(c2ccc([N+](=O)[O-])cc2Br)C1. The Hall–Kier alpha value is -1.67. The largest absolute Gasteiger partial charge is 0.480 e. The minimum Gasteiger partial charge on any atom is -0.480 e. The predicted molar refractivity (Wildman–Crippen MR) is 75.0 cm³/mol. The van der Waals surface area contributed by atoms with Crippen molar-refractivity contribution < 1.29 is 19.6 Å². The van der Waals surface area contributed by atoms with Crippen LogP contribution >= 0.6 is 15.9 Å². The Morgan fingerprint density at radius 1 is 1.60 bits per heavy atom. The highest BCUT2D eigenvalue weighted by molar-refractivity contribution is 9.10. The zero-order chi connectivity index (χ0) is 14.9. The second kappa shape index (κ2) is 5.76. The van der Waals surface area contributed by atoms with Gasteiger partial charge in [-0.05, 0) is 22.0 Å². The molecule has 108 valence electrons. The quantitative estimate of drug-likeness (QED) is 0.663. The summed E-state index contributed by atoms with van der Waals surface area (Å²) in [5.74, 6) is -0.935. The molecular weight excluding hydrogens is 332 g/mol. The van der Waals surface area contributed by atoms with E-state index in [1.807, 2.05) is 0 Å². The van der Waals surface area contributed by atoms with Crippen molar-refractivity contribution in [2.24, 2.45) is 0 Å². The zero-order valence-corrected chi connectivity index (χ0v) is 12.2. The smallest absolute Gasteiger partial charge is 0.326 e. The summed E-state index contributed by atoms with van der Waals surface area (Å²) >= 11 is 3.26. The van der Waals surface area contributed by atoms with Crippen molar-refractivity contribution in [2.75, 3.05) is 18.6 Å². The molecule has 0 bridgehead atoms. The van der Waals surface area contributed by atoms with Crippen LogP contribution in [0.25, 0.3) is 0 Å². The number of hydrogen-bond acceptors (Lipinski definition) is 5. The van der Waals surface area contributed by atoms with Crippen molar-refractivity contribution >= 4 is 33.3 Å². The van der Waals surface area contributed by atoms with Gasteiger partial charge in [0.15, 0.2) is 0 Å². The third kappa shape index (κ3) is 2.75. The van der Waals surface area contributed by atoms with Gasteiger partial charge in [0.2, 0.25) is 0 Å². The predicted octanol–water partition coefficient (Wildman–Crippen LogP) is 2.04. The fraction of sp³-hybridized carbons (Fsp3) is 0.417. The van der Waals surface area contributed by atoms with Gasteiger partial charge in [-0.15, -0.1) is 0 Å². The maximum atomic E-state index is 11.3. The Bertz CT molecular complexity index is 551. The first-order valence-corrected chi connectivity index (χ1v) is 6.69. The van der Waals surface area contributed by atoms with Crippen LogP contribution in [0.5, 0.6) is 0 Å². The van der Waals surface area contributed by atoms with Crippen LogP contribution in [0.4, 0.5) is 11.4 Å². The number of anilines is 1. The summed E-state index contributed by atoms with van der Waals surface area (Å²) in [5.41, 5.74) is 0.567. The fourth-order valence-electron chi connectivity index (χ4n) is 2.31. The molecule has 2 unspecified atom stereocenters. The Balaban J connectivity index is 2.34. The molecule has 1 fully saturated rings. The lowest BCUT2D eigenvalue weighted by Gasteiger charge is -2.24. The molecule has 0 amide bonds. The van der Waals surface area contributed by atoms with E-state index < -0.39 is 16.9 Å². The van der Waals surface area contributed by atoms with Gasteiger partial charge in [0.05, 0.1) is 16.7 Å².